The minimum atomic E-state index is -0.484. The fourth-order valence-corrected chi connectivity index (χ4v) is 2.69. The third kappa shape index (κ3) is 3.39. The quantitative estimate of drug-likeness (QED) is 0.592. The minimum absolute atomic E-state index is 0.184. The van der Waals surface area contributed by atoms with Crippen LogP contribution in [0.25, 0.3) is 28.3 Å². The number of anilines is 1. The Morgan fingerprint density at radius 2 is 1.89 bits per heavy atom. The van der Waals surface area contributed by atoms with E-state index in [2.05, 4.69) is 20.4 Å². The number of halogens is 1. The zero-order valence-corrected chi connectivity index (χ0v) is 15.3. The molecule has 1 N–H and O–H groups in total. The van der Waals surface area contributed by atoms with Gasteiger partial charge in [-0.2, -0.15) is 4.98 Å². The van der Waals surface area contributed by atoms with Gasteiger partial charge in [-0.05, 0) is 23.8 Å². The highest BCUT2D eigenvalue weighted by Crippen LogP contribution is 2.25. The van der Waals surface area contributed by atoms with E-state index in [9.17, 15) is 9.18 Å². The first-order valence-corrected chi connectivity index (χ1v) is 8.57. The lowest BCUT2D eigenvalue weighted by Gasteiger charge is -2.12. The van der Waals surface area contributed by atoms with E-state index >= 15 is 0 Å². The molecule has 4 rings (SSSR count). The maximum Gasteiger partial charge on any atom is 0.321 e. The van der Waals surface area contributed by atoms with Gasteiger partial charge < -0.3 is 10.2 Å². The molecule has 7 nitrogen and oxygen atoms in total. The first-order valence-electron chi connectivity index (χ1n) is 8.57. The van der Waals surface area contributed by atoms with Crippen LogP contribution >= 0.6 is 0 Å². The molecule has 28 heavy (non-hydrogen) atoms. The summed E-state index contributed by atoms with van der Waals surface area (Å²) < 4.78 is 15.9. The lowest BCUT2D eigenvalue weighted by molar-refractivity contribution is 0.230. The van der Waals surface area contributed by atoms with Gasteiger partial charge in [0.1, 0.15) is 5.82 Å². The van der Waals surface area contributed by atoms with Crippen LogP contribution in [-0.4, -0.2) is 44.6 Å². The average Bonchev–Trinajstić information content (AvgIpc) is 3.13. The number of carbonyl (C=O) groups excluding carboxylic acids is 1. The number of aromatic nitrogens is 4. The van der Waals surface area contributed by atoms with E-state index in [0.29, 0.717) is 11.5 Å². The van der Waals surface area contributed by atoms with Crippen LogP contribution in [0.1, 0.15) is 0 Å². The van der Waals surface area contributed by atoms with Gasteiger partial charge in [0.2, 0.25) is 0 Å². The Morgan fingerprint density at radius 3 is 2.64 bits per heavy atom. The predicted octanol–water partition coefficient (Wildman–Crippen LogP) is 3.69. The number of fused-ring (bicyclic) bond motifs is 1. The van der Waals surface area contributed by atoms with Crippen LogP contribution in [0.3, 0.4) is 0 Å². The molecule has 0 spiro atoms. The molecule has 0 aliphatic rings. The van der Waals surface area contributed by atoms with Crippen molar-refractivity contribution in [3.63, 3.8) is 0 Å². The molecule has 0 fully saturated rings. The van der Waals surface area contributed by atoms with Gasteiger partial charge in [-0.15, -0.1) is 5.10 Å². The minimum Gasteiger partial charge on any atom is -0.331 e. The van der Waals surface area contributed by atoms with Crippen molar-refractivity contribution in [2.45, 2.75) is 0 Å². The second-order valence-electron chi connectivity index (χ2n) is 6.41. The number of benzene rings is 2. The van der Waals surface area contributed by atoms with Gasteiger partial charge in [-0.3, -0.25) is 0 Å². The van der Waals surface area contributed by atoms with Crippen molar-refractivity contribution < 1.29 is 9.18 Å². The summed E-state index contributed by atoms with van der Waals surface area (Å²) in [6.07, 6.45) is 3.50. The SMILES string of the molecule is CN(C)C(=O)Nc1ccc(F)c(-c2nc3ncc(-c4ccccc4)cn3n2)c1. The zero-order valence-electron chi connectivity index (χ0n) is 15.3. The van der Waals surface area contributed by atoms with E-state index in [-0.39, 0.29) is 17.4 Å². The summed E-state index contributed by atoms with van der Waals surface area (Å²) in [5.41, 5.74) is 2.50. The lowest BCUT2D eigenvalue weighted by Crippen LogP contribution is -2.27. The monoisotopic (exact) mass is 376 g/mol. The van der Waals surface area contributed by atoms with Gasteiger partial charge in [0.05, 0.1) is 5.56 Å². The number of carbonyl (C=O) groups is 1. The normalized spacial score (nSPS) is 10.8. The van der Waals surface area contributed by atoms with E-state index in [4.69, 9.17) is 0 Å². The number of nitrogens with one attached hydrogen (secondary N) is 1. The number of nitrogens with zero attached hydrogens (tertiary/aromatic N) is 5. The molecule has 0 aliphatic carbocycles. The van der Waals surface area contributed by atoms with Crippen molar-refractivity contribution in [3.05, 3.63) is 66.7 Å². The van der Waals surface area contributed by atoms with Crippen LogP contribution in [0.2, 0.25) is 0 Å². The number of urea groups is 1. The largest absolute Gasteiger partial charge is 0.331 e. The number of rotatable bonds is 3. The predicted molar refractivity (Wildman–Crippen MR) is 104 cm³/mol. The molecular weight excluding hydrogens is 359 g/mol. The maximum atomic E-state index is 14.4. The summed E-state index contributed by atoms with van der Waals surface area (Å²) in [6, 6.07) is 13.7. The van der Waals surface area contributed by atoms with E-state index in [1.807, 2.05) is 30.3 Å². The number of amides is 2. The van der Waals surface area contributed by atoms with Gasteiger partial charge in [-0.25, -0.2) is 18.7 Å². The first kappa shape index (κ1) is 17.6. The molecule has 2 aromatic heterocycles. The molecule has 2 amide bonds. The van der Waals surface area contributed by atoms with Crippen molar-refractivity contribution in [2.75, 3.05) is 19.4 Å². The Balaban J connectivity index is 1.72. The number of hydrogen-bond acceptors (Lipinski definition) is 4. The molecule has 0 saturated carbocycles. The van der Waals surface area contributed by atoms with Crippen molar-refractivity contribution in [3.8, 4) is 22.5 Å². The summed E-state index contributed by atoms with van der Waals surface area (Å²) in [7, 11) is 3.25. The zero-order chi connectivity index (χ0) is 19.7. The molecule has 0 atom stereocenters. The molecule has 2 heterocycles. The molecular formula is C20H17FN6O. The fraction of sp³-hybridized carbons (Fsp3) is 0.100. The molecule has 0 unspecified atom stereocenters. The third-order valence-corrected chi connectivity index (χ3v) is 4.17. The highest BCUT2D eigenvalue weighted by Gasteiger charge is 2.15. The van der Waals surface area contributed by atoms with E-state index < -0.39 is 5.82 Å². The molecule has 0 bridgehead atoms. The molecule has 0 aliphatic heterocycles. The van der Waals surface area contributed by atoms with Crippen molar-refractivity contribution in [1.82, 2.24) is 24.5 Å². The Hall–Kier alpha value is -3.81. The Bertz CT molecular complexity index is 1160. The molecule has 8 heteroatoms. The molecule has 140 valence electrons. The average molecular weight is 376 g/mol. The van der Waals surface area contributed by atoms with Crippen molar-refractivity contribution in [1.29, 1.82) is 0 Å². The highest BCUT2D eigenvalue weighted by atomic mass is 19.1. The van der Waals surface area contributed by atoms with E-state index in [1.165, 1.54) is 27.6 Å². The Kier molecular flexibility index (Phi) is 4.44. The molecule has 0 radical (unpaired) electrons. The van der Waals surface area contributed by atoms with Crippen molar-refractivity contribution in [2.24, 2.45) is 0 Å². The Morgan fingerprint density at radius 1 is 1.11 bits per heavy atom. The summed E-state index contributed by atoms with van der Waals surface area (Å²) in [5.74, 6) is 0.0648. The van der Waals surface area contributed by atoms with Crippen LogP contribution in [0.5, 0.6) is 0 Å². The molecule has 2 aromatic carbocycles. The van der Waals surface area contributed by atoms with Gasteiger partial charge in [0.25, 0.3) is 5.78 Å². The molecule has 4 aromatic rings. The van der Waals surface area contributed by atoms with Crippen LogP contribution in [-0.2, 0) is 0 Å². The first-order chi connectivity index (χ1) is 13.5. The summed E-state index contributed by atoms with van der Waals surface area (Å²) in [6.45, 7) is 0. The van der Waals surface area contributed by atoms with Crippen LogP contribution in [0.15, 0.2) is 60.9 Å². The second kappa shape index (κ2) is 7.07. The smallest absolute Gasteiger partial charge is 0.321 e. The van der Waals surface area contributed by atoms with Crippen molar-refractivity contribution >= 4 is 17.5 Å². The Labute approximate surface area is 160 Å². The maximum absolute atomic E-state index is 14.4. The van der Waals surface area contributed by atoms with Crippen LogP contribution < -0.4 is 5.32 Å². The fourth-order valence-electron chi connectivity index (χ4n) is 2.69. The highest BCUT2D eigenvalue weighted by molar-refractivity contribution is 5.89. The van der Waals surface area contributed by atoms with Gasteiger partial charge in [-0.1, -0.05) is 30.3 Å². The second-order valence-corrected chi connectivity index (χ2v) is 6.41. The van der Waals surface area contributed by atoms with E-state index in [0.717, 1.165) is 11.1 Å². The van der Waals surface area contributed by atoms with E-state index in [1.54, 1.807) is 26.5 Å². The lowest BCUT2D eigenvalue weighted by atomic mass is 10.1. The third-order valence-electron chi connectivity index (χ3n) is 4.17. The summed E-state index contributed by atoms with van der Waals surface area (Å²) >= 11 is 0. The molecule has 0 saturated heterocycles. The summed E-state index contributed by atoms with van der Waals surface area (Å²) in [4.78, 5) is 21.9. The van der Waals surface area contributed by atoms with Crippen LogP contribution in [0, 0.1) is 5.82 Å². The van der Waals surface area contributed by atoms with Gasteiger partial charge in [0.15, 0.2) is 5.82 Å². The summed E-state index contributed by atoms with van der Waals surface area (Å²) in [5, 5.41) is 7.05. The van der Waals surface area contributed by atoms with Gasteiger partial charge in [0, 0.05) is 37.7 Å². The number of hydrogen-bond donors (Lipinski definition) is 1. The van der Waals surface area contributed by atoms with Crippen LogP contribution in [0.4, 0.5) is 14.9 Å². The van der Waals surface area contributed by atoms with Gasteiger partial charge >= 0.3 is 6.03 Å². The standard InChI is InChI=1S/C20H17FN6O/c1-26(2)20(28)23-15-8-9-17(21)16(10-15)18-24-19-22-11-14(12-27(19)25-18)13-6-4-3-5-7-13/h3-12H,1-2H3,(H,23,28). The topological polar surface area (TPSA) is 75.4 Å².